The van der Waals surface area contributed by atoms with Crippen LogP contribution >= 0.6 is 0 Å². The molecule has 0 atom stereocenters. The first kappa shape index (κ1) is 14.9. The standard InChI is InChI=1S/C10H20N2O4/c1-10(2,7-13)12-9(15)8(14)11-5-4-6-16-3/h13H,4-7H2,1-3H3,(H,11,14)(H,12,15). The predicted molar refractivity (Wildman–Crippen MR) is 58.8 cm³/mol. The van der Waals surface area contributed by atoms with Crippen LogP contribution in [0.4, 0.5) is 0 Å². The van der Waals surface area contributed by atoms with Gasteiger partial charge in [-0.3, -0.25) is 9.59 Å². The van der Waals surface area contributed by atoms with Crippen LogP contribution in [0, 0.1) is 0 Å². The molecule has 0 spiro atoms. The molecule has 0 aliphatic heterocycles. The molecule has 6 nitrogen and oxygen atoms in total. The van der Waals surface area contributed by atoms with E-state index in [0.29, 0.717) is 19.6 Å². The zero-order chi connectivity index (χ0) is 12.6. The molecule has 0 fully saturated rings. The van der Waals surface area contributed by atoms with Crippen LogP contribution in [0.3, 0.4) is 0 Å². The summed E-state index contributed by atoms with van der Waals surface area (Å²) in [5.41, 5.74) is -0.791. The molecule has 0 radical (unpaired) electrons. The quantitative estimate of drug-likeness (QED) is 0.406. The van der Waals surface area contributed by atoms with Crippen LogP contribution in [0.15, 0.2) is 0 Å². The van der Waals surface area contributed by atoms with Crippen molar-refractivity contribution in [1.29, 1.82) is 0 Å². The number of rotatable bonds is 6. The van der Waals surface area contributed by atoms with E-state index in [4.69, 9.17) is 9.84 Å². The van der Waals surface area contributed by atoms with Gasteiger partial charge >= 0.3 is 11.8 Å². The molecule has 0 aromatic heterocycles. The van der Waals surface area contributed by atoms with Crippen LogP contribution in [-0.2, 0) is 14.3 Å². The molecular formula is C10H20N2O4. The predicted octanol–water partition coefficient (Wildman–Crippen LogP) is -0.974. The van der Waals surface area contributed by atoms with Crippen LogP contribution < -0.4 is 10.6 Å². The second-order valence-electron chi connectivity index (χ2n) is 4.10. The summed E-state index contributed by atoms with van der Waals surface area (Å²) < 4.78 is 4.80. The highest BCUT2D eigenvalue weighted by Crippen LogP contribution is 1.98. The van der Waals surface area contributed by atoms with Crippen LogP contribution in [0.25, 0.3) is 0 Å². The fourth-order valence-corrected chi connectivity index (χ4v) is 0.902. The van der Waals surface area contributed by atoms with Crippen molar-refractivity contribution in [2.75, 3.05) is 26.9 Å². The number of methoxy groups -OCH3 is 1. The summed E-state index contributed by atoms with van der Waals surface area (Å²) in [6.45, 7) is 3.95. The minimum Gasteiger partial charge on any atom is -0.394 e. The van der Waals surface area contributed by atoms with E-state index in [2.05, 4.69) is 10.6 Å². The van der Waals surface area contributed by atoms with Crippen LogP contribution in [-0.4, -0.2) is 49.3 Å². The number of aliphatic hydroxyl groups excluding tert-OH is 1. The van der Waals surface area contributed by atoms with Crippen molar-refractivity contribution in [3.63, 3.8) is 0 Å². The average molecular weight is 232 g/mol. The van der Waals surface area contributed by atoms with Crippen LogP contribution in [0.5, 0.6) is 0 Å². The Morgan fingerprint density at radius 2 is 1.94 bits per heavy atom. The summed E-state index contributed by atoms with van der Waals surface area (Å²) in [4.78, 5) is 22.6. The Balaban J connectivity index is 3.87. The lowest BCUT2D eigenvalue weighted by Crippen LogP contribution is -2.51. The second kappa shape index (κ2) is 7.19. The van der Waals surface area contributed by atoms with Crippen LogP contribution in [0.2, 0.25) is 0 Å². The lowest BCUT2D eigenvalue weighted by atomic mass is 10.1. The number of ether oxygens (including phenoxy) is 1. The van der Waals surface area contributed by atoms with Crippen molar-refractivity contribution in [2.24, 2.45) is 0 Å². The highest BCUT2D eigenvalue weighted by atomic mass is 16.5. The molecule has 16 heavy (non-hydrogen) atoms. The highest BCUT2D eigenvalue weighted by molar-refractivity contribution is 6.35. The van der Waals surface area contributed by atoms with Crippen molar-refractivity contribution in [3.8, 4) is 0 Å². The van der Waals surface area contributed by atoms with E-state index in [1.165, 1.54) is 0 Å². The average Bonchev–Trinajstić information content (AvgIpc) is 2.23. The third kappa shape index (κ3) is 6.36. The van der Waals surface area contributed by atoms with Gasteiger partial charge in [0.25, 0.3) is 0 Å². The lowest BCUT2D eigenvalue weighted by Gasteiger charge is -2.22. The summed E-state index contributed by atoms with van der Waals surface area (Å²) in [5, 5.41) is 13.8. The summed E-state index contributed by atoms with van der Waals surface area (Å²) >= 11 is 0. The summed E-state index contributed by atoms with van der Waals surface area (Å²) in [5.74, 6) is -1.44. The van der Waals surface area contributed by atoms with E-state index in [1.54, 1.807) is 21.0 Å². The number of carbonyl (C=O) groups is 2. The molecule has 3 N–H and O–H groups in total. The Bertz CT molecular complexity index is 241. The van der Waals surface area contributed by atoms with Gasteiger partial charge in [-0.25, -0.2) is 0 Å². The Morgan fingerprint density at radius 3 is 2.44 bits per heavy atom. The molecule has 0 saturated carbocycles. The van der Waals surface area contributed by atoms with Crippen molar-refractivity contribution in [1.82, 2.24) is 10.6 Å². The molecular weight excluding hydrogens is 212 g/mol. The first-order valence-corrected chi connectivity index (χ1v) is 5.13. The number of aliphatic hydroxyl groups is 1. The molecule has 0 aromatic carbocycles. The third-order valence-electron chi connectivity index (χ3n) is 1.86. The number of nitrogens with one attached hydrogen (secondary N) is 2. The number of amides is 2. The first-order chi connectivity index (χ1) is 7.43. The molecule has 6 heteroatoms. The van der Waals surface area contributed by atoms with Gasteiger partial charge in [0.15, 0.2) is 0 Å². The maximum absolute atomic E-state index is 11.3. The Morgan fingerprint density at radius 1 is 1.31 bits per heavy atom. The van der Waals surface area contributed by atoms with Gasteiger partial charge in [-0.2, -0.15) is 0 Å². The highest BCUT2D eigenvalue weighted by Gasteiger charge is 2.23. The molecule has 0 heterocycles. The van der Waals surface area contributed by atoms with Gasteiger partial charge in [0.05, 0.1) is 12.1 Å². The minimum absolute atomic E-state index is 0.226. The third-order valence-corrected chi connectivity index (χ3v) is 1.86. The molecule has 0 aromatic rings. The number of hydrogen-bond acceptors (Lipinski definition) is 4. The zero-order valence-electron chi connectivity index (χ0n) is 10.0. The van der Waals surface area contributed by atoms with Crippen molar-refractivity contribution < 1.29 is 19.4 Å². The van der Waals surface area contributed by atoms with Crippen molar-refractivity contribution in [3.05, 3.63) is 0 Å². The maximum atomic E-state index is 11.3. The lowest BCUT2D eigenvalue weighted by molar-refractivity contribution is -0.140. The largest absolute Gasteiger partial charge is 0.394 e. The number of carbonyl (C=O) groups excluding carboxylic acids is 2. The Labute approximate surface area is 95.4 Å². The van der Waals surface area contributed by atoms with E-state index >= 15 is 0 Å². The van der Waals surface area contributed by atoms with Crippen LogP contribution in [0.1, 0.15) is 20.3 Å². The van der Waals surface area contributed by atoms with Gasteiger partial charge in [0.2, 0.25) is 0 Å². The second-order valence-corrected chi connectivity index (χ2v) is 4.10. The molecule has 0 aliphatic carbocycles. The summed E-state index contributed by atoms with van der Waals surface area (Å²) in [7, 11) is 1.57. The summed E-state index contributed by atoms with van der Waals surface area (Å²) in [6.07, 6.45) is 0.652. The van der Waals surface area contributed by atoms with Crippen molar-refractivity contribution in [2.45, 2.75) is 25.8 Å². The molecule has 0 saturated heterocycles. The van der Waals surface area contributed by atoms with Gasteiger partial charge in [-0.05, 0) is 20.3 Å². The molecule has 0 unspecified atom stereocenters. The fraction of sp³-hybridized carbons (Fsp3) is 0.800. The fourth-order valence-electron chi connectivity index (χ4n) is 0.902. The zero-order valence-corrected chi connectivity index (χ0v) is 10.0. The van der Waals surface area contributed by atoms with Gasteiger partial charge in [0, 0.05) is 20.3 Å². The molecule has 94 valence electrons. The monoisotopic (exact) mass is 232 g/mol. The van der Waals surface area contributed by atoms with Crippen molar-refractivity contribution >= 4 is 11.8 Å². The number of hydrogen-bond donors (Lipinski definition) is 3. The smallest absolute Gasteiger partial charge is 0.309 e. The molecule has 0 rings (SSSR count). The van der Waals surface area contributed by atoms with E-state index < -0.39 is 17.4 Å². The minimum atomic E-state index is -0.791. The van der Waals surface area contributed by atoms with Gasteiger partial charge in [-0.1, -0.05) is 0 Å². The van der Waals surface area contributed by atoms with Gasteiger partial charge in [-0.15, -0.1) is 0 Å². The molecule has 0 aliphatic rings. The van der Waals surface area contributed by atoms with Gasteiger partial charge in [0.1, 0.15) is 0 Å². The molecule has 2 amide bonds. The topological polar surface area (TPSA) is 87.7 Å². The normalized spacial score (nSPS) is 11.0. The summed E-state index contributed by atoms with van der Waals surface area (Å²) in [6, 6.07) is 0. The van der Waals surface area contributed by atoms with E-state index in [1.807, 2.05) is 0 Å². The Hall–Kier alpha value is -1.14. The van der Waals surface area contributed by atoms with E-state index in [0.717, 1.165) is 0 Å². The molecule has 0 bridgehead atoms. The first-order valence-electron chi connectivity index (χ1n) is 5.13. The Kier molecular flexibility index (Phi) is 6.67. The van der Waals surface area contributed by atoms with Gasteiger partial charge < -0.3 is 20.5 Å². The SMILES string of the molecule is COCCCNC(=O)C(=O)NC(C)(C)CO. The maximum Gasteiger partial charge on any atom is 0.309 e. The van der Waals surface area contributed by atoms with E-state index in [-0.39, 0.29) is 6.61 Å². The van der Waals surface area contributed by atoms with E-state index in [9.17, 15) is 9.59 Å².